The molecule has 0 aliphatic carbocycles. The second-order valence-electron chi connectivity index (χ2n) is 13.1. The summed E-state index contributed by atoms with van der Waals surface area (Å²) in [4.78, 5) is 29.4. The van der Waals surface area contributed by atoms with Gasteiger partial charge in [0.25, 0.3) is 11.8 Å². The fourth-order valence-corrected chi connectivity index (χ4v) is 7.33. The van der Waals surface area contributed by atoms with E-state index in [1.807, 2.05) is 78.9 Å². The molecule has 0 aromatic heterocycles. The maximum Gasteiger partial charge on any atom is 0.251 e. The maximum absolute atomic E-state index is 12.8. The van der Waals surface area contributed by atoms with Gasteiger partial charge < -0.3 is 32.5 Å². The first-order chi connectivity index (χ1) is 31.7. The van der Waals surface area contributed by atoms with Gasteiger partial charge in [-0.15, -0.1) is 40.2 Å². The first-order valence-corrected chi connectivity index (χ1v) is 24.7. The van der Waals surface area contributed by atoms with Gasteiger partial charge in [0, 0.05) is 53.5 Å². The molecule has 6 aromatic carbocycles. The van der Waals surface area contributed by atoms with Crippen LogP contribution in [0.25, 0.3) is 0 Å². The number of nitrogens with one attached hydrogen (secondary N) is 3. The van der Waals surface area contributed by atoms with E-state index in [2.05, 4.69) is 103 Å². The molecular weight excluding hydrogens is 1260 g/mol. The molecule has 11 nitrogen and oxygen atoms in total. The number of carbonyl (C=O) groups is 2. The number of nitrogens with two attached hydrogens (primary N) is 2. The van der Waals surface area contributed by atoms with Crippen LogP contribution in [0.4, 0.5) is 11.4 Å². The van der Waals surface area contributed by atoms with Crippen LogP contribution in [0.2, 0.25) is 0 Å². The number of nitriles is 2. The highest BCUT2D eigenvalue weighted by molar-refractivity contribution is 9.11. The summed E-state index contributed by atoms with van der Waals surface area (Å²) in [5.74, 6) is 0.0908. The Labute approximate surface area is 453 Å². The van der Waals surface area contributed by atoms with Crippen molar-refractivity contribution in [3.63, 3.8) is 0 Å². The first-order valence-electron chi connectivity index (χ1n) is 19.1. The Morgan fingerprint density at radius 1 is 0.657 bits per heavy atom. The lowest BCUT2D eigenvalue weighted by molar-refractivity contribution is 0.0941. The normalized spacial score (nSPS) is 10.0. The Kier molecular flexibility index (Phi) is 28.5. The molecule has 2 amide bonds. The van der Waals surface area contributed by atoms with E-state index in [0.717, 1.165) is 46.0 Å². The van der Waals surface area contributed by atoms with Gasteiger partial charge in [-0.2, -0.15) is 10.5 Å². The molecular formula is C47H41Br5Cl2N8O3S2. The number of benzene rings is 6. The van der Waals surface area contributed by atoms with E-state index in [0.29, 0.717) is 51.8 Å². The van der Waals surface area contributed by atoms with Crippen LogP contribution >= 0.6 is 128 Å². The predicted molar refractivity (Wildman–Crippen MR) is 297 cm³/mol. The molecule has 0 bridgehead atoms. The third-order valence-electron chi connectivity index (χ3n) is 8.43. The van der Waals surface area contributed by atoms with Crippen LogP contribution in [-0.2, 0) is 25.4 Å². The van der Waals surface area contributed by atoms with Crippen molar-refractivity contribution in [3.8, 4) is 12.1 Å². The number of thioether (sulfide) groups is 1. The van der Waals surface area contributed by atoms with Crippen molar-refractivity contribution < 1.29 is 14.7 Å². The first kappa shape index (κ1) is 58.8. The van der Waals surface area contributed by atoms with Crippen molar-refractivity contribution in [1.29, 1.82) is 10.5 Å². The SMILES string of the molecule is Br.ClCCl.N#Cc1ccc(CNC(=O)c2cc(Br)ccc2CO)cc1.N#Cc1ccc(CNC(=O)c2cc(Br)ccc2CSC(N)=Nc2ccc(Br)cc2)cc1.NC(=S)Nc1ccc(Br)cc1. The Hall–Kier alpha value is -4.31. The molecule has 6 aromatic rings. The zero-order chi connectivity index (χ0) is 48.4. The number of aliphatic hydroxyl groups excluding tert-OH is 1. The number of anilines is 1. The van der Waals surface area contributed by atoms with Crippen molar-refractivity contribution in [3.05, 3.63) is 196 Å². The number of amidine groups is 1. The van der Waals surface area contributed by atoms with Gasteiger partial charge in [0.05, 0.1) is 40.9 Å². The summed E-state index contributed by atoms with van der Waals surface area (Å²) in [5.41, 5.74) is 18.5. The third-order valence-corrected chi connectivity index (χ3v) is 11.4. The molecule has 0 saturated carbocycles. The van der Waals surface area contributed by atoms with Gasteiger partial charge in [-0.05, 0) is 132 Å². The zero-order valence-corrected chi connectivity index (χ0v) is 46.2. The number of thiocarbonyl (C=S) groups is 1. The van der Waals surface area contributed by atoms with E-state index < -0.39 is 0 Å². The van der Waals surface area contributed by atoms with E-state index in [1.165, 1.54) is 11.8 Å². The molecule has 0 spiro atoms. The lowest BCUT2D eigenvalue weighted by Crippen LogP contribution is -2.24. The van der Waals surface area contributed by atoms with Crippen LogP contribution in [0.15, 0.2) is 156 Å². The van der Waals surface area contributed by atoms with Crippen LogP contribution in [-0.4, -0.2) is 32.5 Å². The molecule has 0 atom stereocenters. The van der Waals surface area contributed by atoms with Crippen molar-refractivity contribution in [2.24, 2.45) is 16.5 Å². The largest absolute Gasteiger partial charge is 0.392 e. The number of rotatable bonds is 11. The topological polar surface area (TPSA) is 202 Å². The summed E-state index contributed by atoms with van der Waals surface area (Å²) >= 11 is 29.0. The molecule has 6 rings (SSSR count). The summed E-state index contributed by atoms with van der Waals surface area (Å²) in [6.45, 7) is 0.547. The molecule has 0 aliphatic heterocycles. The van der Waals surface area contributed by atoms with E-state index >= 15 is 0 Å². The molecule has 0 saturated heterocycles. The highest BCUT2D eigenvalue weighted by atomic mass is 79.9. The van der Waals surface area contributed by atoms with Gasteiger partial charge in [0.15, 0.2) is 10.3 Å². The predicted octanol–water partition coefficient (Wildman–Crippen LogP) is 12.7. The Morgan fingerprint density at radius 2 is 1.06 bits per heavy atom. The number of aliphatic hydroxyl groups is 1. The van der Waals surface area contributed by atoms with Crippen molar-refractivity contribution in [2.75, 3.05) is 10.7 Å². The smallest absolute Gasteiger partial charge is 0.251 e. The third kappa shape index (κ3) is 22.6. The van der Waals surface area contributed by atoms with Crippen LogP contribution in [0.1, 0.15) is 54.1 Å². The molecule has 348 valence electrons. The van der Waals surface area contributed by atoms with Crippen LogP contribution in [0, 0.1) is 22.7 Å². The number of alkyl halides is 2. The minimum absolute atomic E-state index is 0. The Balaban J connectivity index is 0.000000368. The quantitative estimate of drug-likeness (QED) is 0.0314. The van der Waals surface area contributed by atoms with E-state index in [-0.39, 0.29) is 45.9 Å². The molecule has 20 heteroatoms. The fraction of sp³-hybridized carbons (Fsp3) is 0.106. The van der Waals surface area contributed by atoms with E-state index in [1.54, 1.807) is 60.7 Å². The minimum Gasteiger partial charge on any atom is -0.392 e. The number of aliphatic imine (C=N–C) groups is 1. The lowest BCUT2D eigenvalue weighted by atomic mass is 10.1. The van der Waals surface area contributed by atoms with Gasteiger partial charge in [0.1, 0.15) is 0 Å². The van der Waals surface area contributed by atoms with Crippen LogP contribution in [0.3, 0.4) is 0 Å². The lowest BCUT2D eigenvalue weighted by Gasteiger charge is -2.11. The van der Waals surface area contributed by atoms with Gasteiger partial charge in [-0.25, -0.2) is 4.99 Å². The fourth-order valence-electron chi connectivity index (χ4n) is 5.24. The average molecular weight is 1300 g/mol. The molecule has 67 heavy (non-hydrogen) atoms. The summed E-state index contributed by atoms with van der Waals surface area (Å²) in [6.07, 6.45) is 0. The van der Waals surface area contributed by atoms with Gasteiger partial charge in [-0.3, -0.25) is 9.59 Å². The zero-order valence-electron chi connectivity index (χ0n) is 35.0. The van der Waals surface area contributed by atoms with Gasteiger partial charge in [0.2, 0.25) is 0 Å². The van der Waals surface area contributed by atoms with E-state index in [9.17, 15) is 14.7 Å². The van der Waals surface area contributed by atoms with E-state index in [4.69, 9.17) is 45.2 Å². The summed E-state index contributed by atoms with van der Waals surface area (Å²) in [7, 11) is 0. The Bertz CT molecular complexity index is 2650. The van der Waals surface area contributed by atoms with Crippen molar-refractivity contribution in [2.45, 2.75) is 25.4 Å². The Morgan fingerprint density at radius 3 is 1.48 bits per heavy atom. The van der Waals surface area contributed by atoms with Gasteiger partial charge >= 0.3 is 0 Å². The molecule has 0 radical (unpaired) electrons. The van der Waals surface area contributed by atoms with Crippen LogP contribution < -0.4 is 27.4 Å². The second-order valence-corrected chi connectivity index (χ2v) is 19.0. The summed E-state index contributed by atoms with van der Waals surface area (Å²) in [6, 6.07) is 44.2. The number of hydrogen-bond acceptors (Lipinski definition) is 8. The van der Waals surface area contributed by atoms with Gasteiger partial charge in [-0.1, -0.05) is 112 Å². The van der Waals surface area contributed by atoms with Crippen molar-refractivity contribution in [1.82, 2.24) is 10.6 Å². The molecule has 0 fully saturated rings. The molecule has 8 N–H and O–H groups in total. The van der Waals surface area contributed by atoms with Crippen molar-refractivity contribution >= 4 is 161 Å². The number of amides is 2. The highest BCUT2D eigenvalue weighted by Gasteiger charge is 2.14. The van der Waals surface area contributed by atoms with Crippen LogP contribution in [0.5, 0.6) is 0 Å². The summed E-state index contributed by atoms with van der Waals surface area (Å²) in [5, 5.41) is 36.4. The number of hydrogen-bond donors (Lipinski definition) is 6. The standard InChI is InChI=1S/C23H18Br2N4OS.C16H13BrN2O2.C7H7BrN2S.CH2Cl2.BrH/c24-18-7-9-20(10-8-18)29-23(27)31-14-17-5-6-19(25)11-21(17)22(30)28-13-16-3-1-15(12-26)2-4-16;17-14-6-5-13(10-20)15(7-14)16(21)19-9-12-3-1-11(8-18)2-4-12;8-5-1-3-6(4-2-5)10-7(9)11;2-1-3;/h1-11H,13-14H2,(H2,27,29)(H,28,30);1-7,20H,9-10H2,(H,19,21);1-4H,(H3,9,10,11);1H2;1H. The number of nitrogens with zero attached hydrogens (tertiary/aromatic N) is 3. The molecule has 0 unspecified atom stereocenters. The monoisotopic (exact) mass is 1290 g/mol. The number of halogens is 7. The second kappa shape index (κ2) is 32.4. The molecule has 0 aliphatic rings. The summed E-state index contributed by atoms with van der Waals surface area (Å²) < 4.78 is 3.61. The number of carbonyl (C=O) groups excluding carboxylic acids is 2. The molecule has 0 heterocycles. The minimum atomic E-state index is -0.246. The average Bonchev–Trinajstić information content (AvgIpc) is 3.32. The maximum atomic E-state index is 12.8. The highest BCUT2D eigenvalue weighted by Crippen LogP contribution is 2.24.